The summed E-state index contributed by atoms with van der Waals surface area (Å²) in [6.45, 7) is 2.57. The first kappa shape index (κ1) is 20.3. The smallest absolute Gasteiger partial charge is 0.247 e. The fourth-order valence-corrected chi connectivity index (χ4v) is 3.20. The van der Waals surface area contributed by atoms with Crippen molar-refractivity contribution in [3.05, 3.63) is 102 Å². The van der Waals surface area contributed by atoms with Crippen molar-refractivity contribution in [2.24, 2.45) is 0 Å². The van der Waals surface area contributed by atoms with E-state index in [1.54, 1.807) is 17.3 Å². The molecule has 0 bridgehead atoms. The Hall–Kier alpha value is -3.47. The number of carbonyl (C=O) groups excluding carboxylic acids is 2. The number of benzene rings is 2. The van der Waals surface area contributed by atoms with Crippen LogP contribution in [0.4, 0.5) is 0 Å². The van der Waals surface area contributed by atoms with Crippen LogP contribution in [0.2, 0.25) is 0 Å². The van der Waals surface area contributed by atoms with Crippen molar-refractivity contribution in [1.82, 2.24) is 15.2 Å². The number of nitrogens with one attached hydrogen (secondary N) is 1. The number of carbonyl (C=O) groups is 2. The molecule has 1 aromatic heterocycles. The van der Waals surface area contributed by atoms with Crippen LogP contribution in [0.5, 0.6) is 0 Å². The third-order valence-corrected chi connectivity index (χ3v) is 4.71. The van der Waals surface area contributed by atoms with Gasteiger partial charge in [-0.05, 0) is 28.8 Å². The first-order valence-corrected chi connectivity index (χ1v) is 9.74. The van der Waals surface area contributed by atoms with Crippen LogP contribution in [-0.4, -0.2) is 21.7 Å². The maximum atomic E-state index is 13.2. The Morgan fingerprint density at radius 2 is 1.52 bits per heavy atom. The lowest BCUT2D eigenvalue weighted by molar-refractivity contribution is -0.141. The molecule has 0 fully saturated rings. The predicted octanol–water partition coefficient (Wildman–Crippen LogP) is 3.88. The van der Waals surface area contributed by atoms with Gasteiger partial charge in [0.25, 0.3) is 0 Å². The van der Waals surface area contributed by atoms with E-state index in [1.165, 1.54) is 0 Å². The van der Waals surface area contributed by atoms with Gasteiger partial charge in [0.05, 0.1) is 0 Å². The minimum absolute atomic E-state index is 0.0678. The standard InChI is InChI=1S/C24H25N3O2/c1-2-22(28)27(18-20-9-5-3-6-10-20)23(21-11-7-4-8-12-21)24(29)26-17-19-13-15-25-16-14-19/h3-16,23H,2,17-18H2,1H3,(H,26,29)/t23-/m0/s1. The van der Waals surface area contributed by atoms with Gasteiger partial charge in [0, 0.05) is 31.9 Å². The molecule has 5 nitrogen and oxygen atoms in total. The Morgan fingerprint density at radius 3 is 2.14 bits per heavy atom. The maximum Gasteiger partial charge on any atom is 0.247 e. The third kappa shape index (κ3) is 5.51. The summed E-state index contributed by atoms with van der Waals surface area (Å²) in [5.41, 5.74) is 2.73. The zero-order chi connectivity index (χ0) is 20.5. The number of hydrogen-bond acceptors (Lipinski definition) is 3. The van der Waals surface area contributed by atoms with Crippen LogP contribution >= 0.6 is 0 Å². The van der Waals surface area contributed by atoms with Gasteiger partial charge in [-0.3, -0.25) is 14.6 Å². The monoisotopic (exact) mass is 387 g/mol. The molecule has 0 unspecified atom stereocenters. The van der Waals surface area contributed by atoms with Crippen molar-refractivity contribution in [2.45, 2.75) is 32.5 Å². The van der Waals surface area contributed by atoms with Crippen molar-refractivity contribution >= 4 is 11.8 Å². The topological polar surface area (TPSA) is 62.3 Å². The maximum absolute atomic E-state index is 13.2. The molecule has 5 heteroatoms. The number of nitrogens with zero attached hydrogens (tertiary/aromatic N) is 2. The average molecular weight is 387 g/mol. The third-order valence-electron chi connectivity index (χ3n) is 4.71. The Kier molecular flexibility index (Phi) is 7.11. The van der Waals surface area contributed by atoms with Gasteiger partial charge in [-0.1, -0.05) is 67.6 Å². The Labute approximate surface area is 171 Å². The van der Waals surface area contributed by atoms with Crippen molar-refractivity contribution < 1.29 is 9.59 Å². The van der Waals surface area contributed by atoms with Gasteiger partial charge in [0.1, 0.15) is 6.04 Å². The number of hydrogen-bond donors (Lipinski definition) is 1. The van der Waals surface area contributed by atoms with Crippen molar-refractivity contribution in [3.63, 3.8) is 0 Å². The molecular formula is C24H25N3O2. The van der Waals surface area contributed by atoms with Gasteiger partial charge in [0.15, 0.2) is 0 Å². The first-order valence-electron chi connectivity index (χ1n) is 9.74. The van der Waals surface area contributed by atoms with E-state index in [9.17, 15) is 9.59 Å². The summed E-state index contributed by atoms with van der Waals surface area (Å²) < 4.78 is 0. The highest BCUT2D eigenvalue weighted by Crippen LogP contribution is 2.24. The van der Waals surface area contributed by atoms with E-state index in [1.807, 2.05) is 79.7 Å². The molecule has 0 saturated carbocycles. The fraction of sp³-hybridized carbons (Fsp3) is 0.208. The summed E-state index contributed by atoms with van der Waals surface area (Å²) in [7, 11) is 0. The molecule has 148 valence electrons. The molecule has 1 heterocycles. The van der Waals surface area contributed by atoms with Gasteiger partial charge in [-0.25, -0.2) is 0 Å². The molecule has 3 aromatic rings. The molecule has 3 rings (SSSR count). The van der Waals surface area contributed by atoms with E-state index < -0.39 is 6.04 Å². The quantitative estimate of drug-likeness (QED) is 0.638. The summed E-state index contributed by atoms with van der Waals surface area (Å²) in [5.74, 6) is -0.271. The fourth-order valence-electron chi connectivity index (χ4n) is 3.20. The zero-order valence-electron chi connectivity index (χ0n) is 16.5. The average Bonchev–Trinajstić information content (AvgIpc) is 2.79. The van der Waals surface area contributed by atoms with Crippen molar-refractivity contribution in [3.8, 4) is 0 Å². The lowest BCUT2D eigenvalue weighted by Crippen LogP contribution is -2.43. The summed E-state index contributed by atoms with van der Waals surface area (Å²) >= 11 is 0. The SMILES string of the molecule is CCC(=O)N(Cc1ccccc1)[C@H](C(=O)NCc1ccncc1)c1ccccc1. The lowest BCUT2D eigenvalue weighted by atomic mass is 10.0. The van der Waals surface area contributed by atoms with E-state index in [4.69, 9.17) is 0 Å². The normalized spacial score (nSPS) is 11.5. The number of amides is 2. The van der Waals surface area contributed by atoms with Crippen LogP contribution in [-0.2, 0) is 22.7 Å². The molecule has 2 aromatic carbocycles. The van der Waals surface area contributed by atoms with Crippen LogP contribution in [0, 0.1) is 0 Å². The van der Waals surface area contributed by atoms with Crippen LogP contribution in [0.15, 0.2) is 85.2 Å². The predicted molar refractivity (Wildman–Crippen MR) is 113 cm³/mol. The second-order valence-corrected chi connectivity index (χ2v) is 6.75. The van der Waals surface area contributed by atoms with Gasteiger partial charge in [-0.2, -0.15) is 0 Å². The molecule has 1 N–H and O–H groups in total. The Balaban J connectivity index is 1.89. The highest BCUT2D eigenvalue weighted by atomic mass is 16.2. The molecule has 0 aliphatic carbocycles. The molecule has 1 atom stereocenters. The summed E-state index contributed by atoms with van der Waals surface area (Å²) in [6, 6.07) is 22.2. The van der Waals surface area contributed by atoms with Gasteiger partial charge >= 0.3 is 0 Å². The minimum Gasteiger partial charge on any atom is -0.350 e. The molecule has 2 amide bonds. The summed E-state index contributed by atoms with van der Waals surface area (Å²) in [6.07, 6.45) is 3.71. The van der Waals surface area contributed by atoms with E-state index in [2.05, 4.69) is 10.3 Å². The van der Waals surface area contributed by atoms with Crippen LogP contribution in [0.1, 0.15) is 36.1 Å². The van der Waals surface area contributed by atoms with Crippen molar-refractivity contribution in [2.75, 3.05) is 0 Å². The van der Waals surface area contributed by atoms with E-state index >= 15 is 0 Å². The summed E-state index contributed by atoms with van der Waals surface area (Å²) in [4.78, 5) is 31.8. The van der Waals surface area contributed by atoms with Crippen LogP contribution < -0.4 is 5.32 Å². The molecule has 0 spiro atoms. The molecule has 0 aliphatic rings. The largest absolute Gasteiger partial charge is 0.350 e. The molecular weight excluding hydrogens is 362 g/mol. The van der Waals surface area contributed by atoms with E-state index in [0.29, 0.717) is 19.5 Å². The van der Waals surface area contributed by atoms with Crippen LogP contribution in [0.25, 0.3) is 0 Å². The number of rotatable bonds is 8. The second kappa shape index (κ2) is 10.2. The summed E-state index contributed by atoms with van der Waals surface area (Å²) in [5, 5.41) is 2.98. The lowest BCUT2D eigenvalue weighted by Gasteiger charge is -2.31. The van der Waals surface area contributed by atoms with E-state index in [-0.39, 0.29) is 11.8 Å². The van der Waals surface area contributed by atoms with E-state index in [0.717, 1.165) is 16.7 Å². The van der Waals surface area contributed by atoms with Gasteiger partial charge in [-0.15, -0.1) is 0 Å². The first-order chi connectivity index (χ1) is 14.2. The van der Waals surface area contributed by atoms with Crippen molar-refractivity contribution in [1.29, 1.82) is 0 Å². The molecule has 0 radical (unpaired) electrons. The zero-order valence-corrected chi connectivity index (χ0v) is 16.5. The molecule has 29 heavy (non-hydrogen) atoms. The second-order valence-electron chi connectivity index (χ2n) is 6.75. The molecule has 0 saturated heterocycles. The number of pyridine rings is 1. The minimum atomic E-state index is -0.703. The van der Waals surface area contributed by atoms with Gasteiger partial charge in [0.2, 0.25) is 11.8 Å². The highest BCUT2D eigenvalue weighted by molar-refractivity contribution is 5.88. The van der Waals surface area contributed by atoms with Gasteiger partial charge < -0.3 is 10.2 Å². The van der Waals surface area contributed by atoms with Crippen LogP contribution in [0.3, 0.4) is 0 Å². The highest BCUT2D eigenvalue weighted by Gasteiger charge is 2.30. The Morgan fingerprint density at radius 1 is 0.897 bits per heavy atom. The molecule has 0 aliphatic heterocycles. The Bertz CT molecular complexity index is 915. The number of aromatic nitrogens is 1.